The van der Waals surface area contributed by atoms with Gasteiger partial charge in [-0.2, -0.15) is 0 Å². The first-order chi connectivity index (χ1) is 13.6. The lowest BCUT2D eigenvalue weighted by Gasteiger charge is -2.46. The summed E-state index contributed by atoms with van der Waals surface area (Å²) in [5.74, 6) is 0.668. The number of ether oxygens (including phenoxy) is 2. The van der Waals surface area contributed by atoms with Crippen LogP contribution in [0.5, 0.6) is 0 Å². The Morgan fingerprint density at radius 3 is 2.25 bits per heavy atom. The lowest BCUT2D eigenvalue weighted by molar-refractivity contribution is -0.199. The molecule has 1 heterocycles. The zero-order valence-corrected chi connectivity index (χ0v) is 18.7. The second kappa shape index (κ2) is 9.35. The molecule has 0 bridgehead atoms. The van der Waals surface area contributed by atoms with E-state index < -0.39 is 0 Å². The second-order valence-corrected chi connectivity index (χ2v) is 10.7. The van der Waals surface area contributed by atoms with Crippen LogP contribution in [-0.2, 0) is 9.47 Å². The fraction of sp³-hybridized carbons (Fsp3) is 1.00. The van der Waals surface area contributed by atoms with Gasteiger partial charge in [-0.05, 0) is 69.2 Å². The molecule has 3 aliphatic carbocycles. The molecule has 1 spiro atoms. The molecule has 0 aromatic carbocycles. The minimum Gasteiger partial charge on any atom is -0.347 e. The Labute approximate surface area is 173 Å². The van der Waals surface area contributed by atoms with Crippen LogP contribution in [0.2, 0.25) is 0 Å². The van der Waals surface area contributed by atoms with Crippen molar-refractivity contribution in [3.05, 3.63) is 0 Å². The summed E-state index contributed by atoms with van der Waals surface area (Å²) in [5.41, 5.74) is 0.597. The fourth-order valence-electron chi connectivity index (χ4n) is 6.89. The Morgan fingerprint density at radius 2 is 1.57 bits per heavy atom. The monoisotopic (exact) mass is 391 g/mol. The minimum atomic E-state index is -0.227. The highest BCUT2D eigenvalue weighted by atomic mass is 16.7. The molecule has 3 nitrogen and oxygen atoms in total. The Kier molecular flexibility index (Phi) is 7.05. The van der Waals surface area contributed by atoms with Crippen molar-refractivity contribution in [3.63, 3.8) is 0 Å². The third-order valence-corrected chi connectivity index (χ3v) is 8.73. The molecule has 4 rings (SSSR count). The molecule has 3 saturated carbocycles. The molecular weight excluding hydrogens is 346 g/mol. The number of nitrogens with zero attached hydrogens (tertiary/aromatic N) is 1. The van der Waals surface area contributed by atoms with Gasteiger partial charge >= 0.3 is 0 Å². The molecule has 0 aromatic rings. The summed E-state index contributed by atoms with van der Waals surface area (Å²) < 4.78 is 12.9. The van der Waals surface area contributed by atoms with Crippen LogP contribution in [-0.4, -0.2) is 42.5 Å². The molecule has 0 aromatic heterocycles. The Morgan fingerprint density at radius 1 is 0.857 bits per heavy atom. The minimum absolute atomic E-state index is 0.227. The van der Waals surface area contributed by atoms with Crippen LogP contribution in [0.3, 0.4) is 0 Å². The summed E-state index contributed by atoms with van der Waals surface area (Å²) in [5, 5.41) is 0. The quantitative estimate of drug-likeness (QED) is 0.508. The molecule has 0 N–H and O–H groups in total. The molecule has 28 heavy (non-hydrogen) atoms. The maximum absolute atomic E-state index is 6.60. The van der Waals surface area contributed by atoms with E-state index >= 15 is 0 Å². The van der Waals surface area contributed by atoms with Gasteiger partial charge < -0.3 is 14.4 Å². The predicted molar refractivity (Wildman–Crippen MR) is 115 cm³/mol. The van der Waals surface area contributed by atoms with Gasteiger partial charge in [-0.25, -0.2) is 0 Å². The van der Waals surface area contributed by atoms with E-state index in [-0.39, 0.29) is 5.79 Å². The van der Waals surface area contributed by atoms with Gasteiger partial charge in [0.1, 0.15) is 0 Å². The molecule has 3 heteroatoms. The van der Waals surface area contributed by atoms with Crippen LogP contribution in [0.4, 0.5) is 0 Å². The number of hydrogen-bond acceptors (Lipinski definition) is 3. The van der Waals surface area contributed by atoms with E-state index in [1.165, 1.54) is 90.1 Å². The van der Waals surface area contributed by atoms with E-state index in [0.717, 1.165) is 37.8 Å². The van der Waals surface area contributed by atoms with Crippen LogP contribution < -0.4 is 0 Å². The lowest BCUT2D eigenvalue weighted by atomic mass is 9.62. The predicted octanol–water partition coefficient (Wildman–Crippen LogP) is 6.30. The Hall–Kier alpha value is -0.120. The largest absolute Gasteiger partial charge is 0.347 e. The highest BCUT2D eigenvalue weighted by Gasteiger charge is 2.47. The SMILES string of the molecule is CCCN(CCC1COC2(CCC(C3(C)CCCCC3)CC2)O1)C1CCCC1. The highest BCUT2D eigenvalue weighted by Crippen LogP contribution is 2.51. The van der Waals surface area contributed by atoms with Gasteiger partial charge in [0, 0.05) is 25.4 Å². The molecule has 1 unspecified atom stereocenters. The molecule has 0 radical (unpaired) electrons. The van der Waals surface area contributed by atoms with Crippen molar-refractivity contribution in [2.24, 2.45) is 11.3 Å². The zero-order chi connectivity index (χ0) is 19.5. The average molecular weight is 392 g/mol. The van der Waals surface area contributed by atoms with Crippen LogP contribution in [0.15, 0.2) is 0 Å². The van der Waals surface area contributed by atoms with E-state index in [2.05, 4.69) is 18.7 Å². The van der Waals surface area contributed by atoms with Gasteiger partial charge in [-0.1, -0.05) is 46.0 Å². The fourth-order valence-corrected chi connectivity index (χ4v) is 6.89. The first-order valence-corrected chi connectivity index (χ1v) is 12.7. The lowest BCUT2D eigenvalue weighted by Crippen LogP contribution is -2.41. The maximum atomic E-state index is 6.60. The van der Waals surface area contributed by atoms with Crippen LogP contribution in [0.1, 0.15) is 110 Å². The molecular formula is C25H45NO2. The van der Waals surface area contributed by atoms with Crippen molar-refractivity contribution < 1.29 is 9.47 Å². The van der Waals surface area contributed by atoms with E-state index in [4.69, 9.17) is 9.47 Å². The first-order valence-electron chi connectivity index (χ1n) is 12.7. The van der Waals surface area contributed by atoms with E-state index in [9.17, 15) is 0 Å². The van der Waals surface area contributed by atoms with Gasteiger partial charge in [-0.3, -0.25) is 0 Å². The molecule has 0 amide bonds. The zero-order valence-electron chi connectivity index (χ0n) is 18.7. The first kappa shape index (κ1) is 21.1. The van der Waals surface area contributed by atoms with Crippen molar-refractivity contribution in [1.82, 2.24) is 4.90 Å². The molecule has 4 aliphatic rings. The Balaban J connectivity index is 1.24. The molecule has 4 fully saturated rings. The molecule has 162 valence electrons. The summed E-state index contributed by atoms with van der Waals surface area (Å²) in [6, 6.07) is 0.836. The standard InChI is InChI=1S/C25H45NO2/c1-3-18-26(22-9-5-6-10-22)19-13-23-20-27-25(28-23)16-11-21(12-17-25)24(2)14-7-4-8-15-24/h21-23H,3-20H2,1-2H3. The topological polar surface area (TPSA) is 21.7 Å². The van der Waals surface area contributed by atoms with E-state index in [1.807, 2.05) is 0 Å². The van der Waals surface area contributed by atoms with Gasteiger partial charge in [0.25, 0.3) is 0 Å². The third kappa shape index (κ3) is 4.78. The van der Waals surface area contributed by atoms with Gasteiger partial charge in [-0.15, -0.1) is 0 Å². The highest BCUT2D eigenvalue weighted by molar-refractivity contribution is 4.93. The van der Waals surface area contributed by atoms with Crippen molar-refractivity contribution in [2.45, 2.75) is 128 Å². The summed E-state index contributed by atoms with van der Waals surface area (Å²) in [6.07, 6.45) is 20.5. The summed E-state index contributed by atoms with van der Waals surface area (Å²) in [6.45, 7) is 8.16. The third-order valence-electron chi connectivity index (χ3n) is 8.73. The van der Waals surface area contributed by atoms with Crippen LogP contribution >= 0.6 is 0 Å². The summed E-state index contributed by atoms with van der Waals surface area (Å²) in [7, 11) is 0. The summed E-state index contributed by atoms with van der Waals surface area (Å²) >= 11 is 0. The van der Waals surface area contributed by atoms with Crippen molar-refractivity contribution in [3.8, 4) is 0 Å². The summed E-state index contributed by atoms with van der Waals surface area (Å²) in [4.78, 5) is 2.75. The van der Waals surface area contributed by atoms with Gasteiger partial charge in [0.05, 0.1) is 12.7 Å². The average Bonchev–Trinajstić information content (AvgIpc) is 3.37. The Bertz CT molecular complexity index is 473. The van der Waals surface area contributed by atoms with Crippen molar-refractivity contribution >= 4 is 0 Å². The molecule has 1 atom stereocenters. The molecule has 1 saturated heterocycles. The van der Waals surface area contributed by atoms with Crippen molar-refractivity contribution in [1.29, 1.82) is 0 Å². The van der Waals surface area contributed by atoms with E-state index in [1.54, 1.807) is 0 Å². The van der Waals surface area contributed by atoms with Gasteiger partial charge in [0.15, 0.2) is 5.79 Å². The van der Waals surface area contributed by atoms with Crippen molar-refractivity contribution in [2.75, 3.05) is 19.7 Å². The molecule has 1 aliphatic heterocycles. The second-order valence-electron chi connectivity index (χ2n) is 10.7. The smallest absolute Gasteiger partial charge is 0.168 e. The normalized spacial score (nSPS) is 36.5. The van der Waals surface area contributed by atoms with Gasteiger partial charge in [0.2, 0.25) is 0 Å². The maximum Gasteiger partial charge on any atom is 0.168 e. The van der Waals surface area contributed by atoms with E-state index in [0.29, 0.717) is 11.5 Å². The number of rotatable bonds is 7. The number of hydrogen-bond donors (Lipinski definition) is 0. The van der Waals surface area contributed by atoms with Crippen LogP contribution in [0.25, 0.3) is 0 Å². The van der Waals surface area contributed by atoms with Crippen LogP contribution in [0, 0.1) is 11.3 Å².